The number of carbonyl (C=O) groups is 2. The quantitative estimate of drug-likeness (QED) is 0.587. The minimum absolute atomic E-state index is 0.0653. The molecule has 0 unspecified atom stereocenters. The first-order valence-electron chi connectivity index (χ1n) is 7.53. The molecule has 0 fully saturated rings. The molecule has 1 amide bonds. The monoisotopic (exact) mass is 345 g/mol. The third kappa shape index (κ3) is 6.34. The molecule has 126 valence electrons. The van der Waals surface area contributed by atoms with Crippen LogP contribution in [0, 0.1) is 0 Å². The molecule has 0 bridgehead atoms. The molecule has 24 heavy (non-hydrogen) atoms. The summed E-state index contributed by atoms with van der Waals surface area (Å²) < 4.78 is 10.3. The van der Waals surface area contributed by atoms with Crippen LogP contribution < -0.4 is 10.1 Å². The van der Waals surface area contributed by atoms with Gasteiger partial charge in [-0.1, -0.05) is 24.3 Å². The third-order valence-corrected chi connectivity index (χ3v) is 3.86. The zero-order valence-corrected chi connectivity index (χ0v) is 14.2. The maximum absolute atomic E-state index is 11.9. The molecule has 0 atom stereocenters. The maximum atomic E-state index is 11.9. The molecule has 0 radical (unpaired) electrons. The summed E-state index contributed by atoms with van der Waals surface area (Å²) in [7, 11) is 0. The molecule has 0 saturated heterocycles. The third-order valence-electron chi connectivity index (χ3n) is 2.89. The van der Waals surface area contributed by atoms with E-state index in [1.807, 2.05) is 36.4 Å². The summed E-state index contributed by atoms with van der Waals surface area (Å²) in [5, 5.41) is 2.77. The summed E-state index contributed by atoms with van der Waals surface area (Å²) in [6.07, 6.45) is 0. The lowest BCUT2D eigenvalue weighted by Gasteiger charge is -2.08. The Balaban J connectivity index is 1.82. The number of benzene rings is 2. The lowest BCUT2D eigenvalue weighted by Crippen LogP contribution is -2.20. The van der Waals surface area contributed by atoms with Crippen molar-refractivity contribution in [3.63, 3.8) is 0 Å². The number of para-hydroxylation sites is 1. The number of hydrogen-bond donors (Lipinski definition) is 1. The highest BCUT2D eigenvalue weighted by Crippen LogP contribution is 2.21. The Morgan fingerprint density at radius 1 is 1.08 bits per heavy atom. The van der Waals surface area contributed by atoms with Crippen molar-refractivity contribution in [1.82, 2.24) is 0 Å². The number of nitrogens with one attached hydrogen (secondary N) is 1. The Labute approximate surface area is 145 Å². The van der Waals surface area contributed by atoms with Gasteiger partial charge in [0, 0.05) is 10.6 Å². The average Bonchev–Trinajstić information content (AvgIpc) is 2.60. The first kappa shape index (κ1) is 17.9. The largest absolute Gasteiger partial charge is 0.484 e. The van der Waals surface area contributed by atoms with Gasteiger partial charge in [0.15, 0.2) is 6.61 Å². The highest BCUT2D eigenvalue weighted by Gasteiger charge is 2.06. The van der Waals surface area contributed by atoms with Crippen LogP contribution >= 0.6 is 11.8 Å². The molecule has 5 nitrogen and oxygen atoms in total. The van der Waals surface area contributed by atoms with Gasteiger partial charge in [-0.05, 0) is 37.3 Å². The molecule has 2 aromatic carbocycles. The molecular weight excluding hydrogens is 326 g/mol. The van der Waals surface area contributed by atoms with Crippen molar-refractivity contribution in [2.75, 3.05) is 24.3 Å². The van der Waals surface area contributed by atoms with Gasteiger partial charge in [0.25, 0.3) is 5.91 Å². The Bertz CT molecular complexity index is 676. The summed E-state index contributed by atoms with van der Waals surface area (Å²) >= 11 is 1.36. The van der Waals surface area contributed by atoms with Gasteiger partial charge in [0.05, 0.1) is 12.4 Å². The van der Waals surface area contributed by atoms with Crippen molar-refractivity contribution >= 4 is 29.3 Å². The van der Waals surface area contributed by atoms with Crippen LogP contribution in [0.25, 0.3) is 0 Å². The zero-order valence-electron chi connectivity index (χ0n) is 13.4. The number of rotatable bonds is 8. The zero-order chi connectivity index (χ0) is 17.2. The molecule has 2 rings (SSSR count). The van der Waals surface area contributed by atoms with Crippen LogP contribution in [0.3, 0.4) is 0 Å². The molecule has 0 aliphatic carbocycles. The van der Waals surface area contributed by atoms with Crippen molar-refractivity contribution in [2.24, 2.45) is 0 Å². The second-order valence-corrected chi connectivity index (χ2v) is 5.82. The van der Waals surface area contributed by atoms with Gasteiger partial charge >= 0.3 is 5.97 Å². The second-order valence-electron chi connectivity index (χ2n) is 4.77. The number of anilines is 1. The van der Waals surface area contributed by atoms with E-state index in [0.717, 1.165) is 4.90 Å². The number of hydrogen-bond acceptors (Lipinski definition) is 5. The summed E-state index contributed by atoms with van der Waals surface area (Å²) in [5.74, 6) is 0.383. The van der Waals surface area contributed by atoms with Crippen molar-refractivity contribution < 1.29 is 19.1 Å². The van der Waals surface area contributed by atoms with Crippen LogP contribution in [0.2, 0.25) is 0 Å². The van der Waals surface area contributed by atoms with Crippen molar-refractivity contribution in [3.8, 4) is 5.75 Å². The van der Waals surface area contributed by atoms with Gasteiger partial charge in [-0.15, -0.1) is 11.8 Å². The molecule has 0 saturated carbocycles. The van der Waals surface area contributed by atoms with E-state index in [1.54, 1.807) is 25.1 Å². The van der Waals surface area contributed by atoms with Crippen molar-refractivity contribution in [2.45, 2.75) is 11.8 Å². The molecule has 2 aromatic rings. The Kier molecular flexibility index (Phi) is 7.17. The fourth-order valence-electron chi connectivity index (χ4n) is 1.87. The SMILES string of the molecule is CCOC(=O)CSc1cccc(NC(=O)COc2ccccc2)c1. The standard InChI is InChI=1S/C18H19NO4S/c1-2-22-18(21)13-24-16-10-6-7-14(11-16)19-17(20)12-23-15-8-4-3-5-9-15/h3-11H,2,12-13H2,1H3,(H,19,20). The van der Waals surface area contributed by atoms with Crippen LogP contribution in [0.1, 0.15) is 6.92 Å². The fourth-order valence-corrected chi connectivity index (χ4v) is 2.62. The molecule has 6 heteroatoms. The van der Waals surface area contributed by atoms with Gasteiger partial charge in [0.1, 0.15) is 5.75 Å². The van der Waals surface area contributed by atoms with Gasteiger partial charge in [-0.3, -0.25) is 9.59 Å². The minimum atomic E-state index is -0.256. The lowest BCUT2D eigenvalue weighted by molar-refractivity contribution is -0.139. The number of amides is 1. The van der Waals surface area contributed by atoms with Crippen molar-refractivity contribution in [1.29, 1.82) is 0 Å². The normalized spacial score (nSPS) is 10.0. The van der Waals surface area contributed by atoms with Crippen LogP contribution in [0.5, 0.6) is 5.75 Å². The van der Waals surface area contributed by atoms with E-state index in [0.29, 0.717) is 18.0 Å². The maximum Gasteiger partial charge on any atom is 0.316 e. The summed E-state index contributed by atoms with van der Waals surface area (Å²) in [6.45, 7) is 2.08. The predicted molar refractivity (Wildman–Crippen MR) is 94.4 cm³/mol. The first-order valence-corrected chi connectivity index (χ1v) is 8.52. The van der Waals surface area contributed by atoms with Gasteiger partial charge < -0.3 is 14.8 Å². The highest BCUT2D eigenvalue weighted by molar-refractivity contribution is 8.00. The number of thioether (sulfide) groups is 1. The molecule has 0 spiro atoms. The van der Waals surface area contributed by atoms with E-state index in [1.165, 1.54) is 11.8 Å². The van der Waals surface area contributed by atoms with Crippen LogP contribution in [-0.2, 0) is 14.3 Å². The Hall–Kier alpha value is -2.47. The summed E-state index contributed by atoms with van der Waals surface area (Å²) in [6, 6.07) is 16.4. The van der Waals surface area contributed by atoms with E-state index in [2.05, 4.69) is 5.32 Å². The number of ether oxygens (including phenoxy) is 2. The molecule has 0 aromatic heterocycles. The van der Waals surface area contributed by atoms with Crippen LogP contribution in [-0.4, -0.2) is 30.8 Å². The molecule has 0 heterocycles. The highest BCUT2D eigenvalue weighted by atomic mass is 32.2. The van der Waals surface area contributed by atoms with Gasteiger partial charge in [0.2, 0.25) is 0 Å². The van der Waals surface area contributed by atoms with E-state index < -0.39 is 0 Å². The Morgan fingerprint density at radius 3 is 2.62 bits per heavy atom. The lowest BCUT2D eigenvalue weighted by atomic mass is 10.3. The number of esters is 1. The summed E-state index contributed by atoms with van der Waals surface area (Å²) in [4.78, 5) is 24.2. The van der Waals surface area contributed by atoms with E-state index in [-0.39, 0.29) is 24.2 Å². The van der Waals surface area contributed by atoms with E-state index >= 15 is 0 Å². The predicted octanol–water partition coefficient (Wildman–Crippen LogP) is 3.36. The first-order chi connectivity index (χ1) is 11.7. The van der Waals surface area contributed by atoms with E-state index in [4.69, 9.17) is 9.47 Å². The number of carbonyl (C=O) groups excluding carboxylic acids is 2. The van der Waals surface area contributed by atoms with E-state index in [9.17, 15) is 9.59 Å². The molecular formula is C18H19NO4S. The van der Waals surface area contributed by atoms with Crippen LogP contribution in [0.15, 0.2) is 59.5 Å². The van der Waals surface area contributed by atoms with Crippen LogP contribution in [0.4, 0.5) is 5.69 Å². The topological polar surface area (TPSA) is 64.6 Å². The molecule has 0 aliphatic rings. The summed E-state index contributed by atoms with van der Waals surface area (Å²) in [5.41, 5.74) is 0.658. The second kappa shape index (κ2) is 9.62. The Morgan fingerprint density at radius 2 is 1.88 bits per heavy atom. The van der Waals surface area contributed by atoms with Crippen molar-refractivity contribution in [3.05, 3.63) is 54.6 Å². The van der Waals surface area contributed by atoms with Gasteiger partial charge in [-0.2, -0.15) is 0 Å². The minimum Gasteiger partial charge on any atom is -0.484 e. The smallest absolute Gasteiger partial charge is 0.316 e. The molecule has 1 N–H and O–H groups in total. The fraction of sp³-hybridized carbons (Fsp3) is 0.222. The average molecular weight is 345 g/mol. The molecule has 0 aliphatic heterocycles. The van der Waals surface area contributed by atoms with Gasteiger partial charge in [-0.25, -0.2) is 0 Å².